The Bertz CT molecular complexity index is 811. The van der Waals surface area contributed by atoms with Gasteiger partial charge in [0.1, 0.15) is 15.7 Å². The van der Waals surface area contributed by atoms with E-state index in [1.54, 1.807) is 0 Å². The molecule has 3 rings (SSSR count). The third kappa shape index (κ3) is 3.81. The average Bonchev–Trinajstić information content (AvgIpc) is 2.92. The van der Waals surface area contributed by atoms with E-state index in [1.807, 2.05) is 6.07 Å². The molecule has 1 aliphatic rings. The second-order valence-electron chi connectivity index (χ2n) is 7.19. The first-order chi connectivity index (χ1) is 11.3. The highest BCUT2D eigenvalue weighted by atomic mass is 32.2. The van der Waals surface area contributed by atoms with Crippen LogP contribution in [0.25, 0.3) is 11.0 Å². The van der Waals surface area contributed by atoms with Gasteiger partial charge in [0.15, 0.2) is 0 Å². The first-order valence-corrected chi connectivity index (χ1v) is 10.8. The summed E-state index contributed by atoms with van der Waals surface area (Å²) in [6.07, 6.45) is 3.52. The molecule has 0 N–H and O–H groups in total. The summed E-state index contributed by atoms with van der Waals surface area (Å²) in [6, 6.07) is 8.66. The molecular formula is C18H27N3O2S. The van der Waals surface area contributed by atoms with Gasteiger partial charge in [-0.3, -0.25) is 0 Å². The lowest BCUT2D eigenvalue weighted by Gasteiger charge is -2.33. The molecule has 1 aromatic heterocycles. The fourth-order valence-corrected chi connectivity index (χ4v) is 4.25. The highest BCUT2D eigenvalue weighted by molar-refractivity contribution is 7.90. The van der Waals surface area contributed by atoms with E-state index >= 15 is 0 Å². The van der Waals surface area contributed by atoms with E-state index in [4.69, 9.17) is 4.98 Å². The molecule has 0 bridgehead atoms. The number of benzene rings is 1. The zero-order valence-corrected chi connectivity index (χ0v) is 15.6. The summed E-state index contributed by atoms with van der Waals surface area (Å²) in [5.41, 5.74) is 2.24. The minimum absolute atomic E-state index is 0.236. The van der Waals surface area contributed by atoms with Crippen LogP contribution in [0.2, 0.25) is 0 Å². The normalized spacial score (nSPS) is 20.1. The first kappa shape index (κ1) is 17.4. The predicted molar refractivity (Wildman–Crippen MR) is 98.2 cm³/mol. The SMILES string of the molecule is CC(C)n1c([C@@H]2CCCN(CCS(C)(=O)=O)C2)nc2ccccc21. The van der Waals surface area contributed by atoms with E-state index in [0.29, 0.717) is 18.5 Å². The monoisotopic (exact) mass is 349 g/mol. The number of hydrogen-bond acceptors (Lipinski definition) is 4. The molecule has 1 fully saturated rings. The van der Waals surface area contributed by atoms with Crippen molar-refractivity contribution in [1.82, 2.24) is 14.5 Å². The molecule has 5 nitrogen and oxygen atoms in total. The van der Waals surface area contributed by atoms with Crippen LogP contribution in [-0.4, -0.2) is 54.5 Å². The molecule has 1 aromatic carbocycles. The van der Waals surface area contributed by atoms with E-state index in [-0.39, 0.29) is 5.75 Å². The summed E-state index contributed by atoms with van der Waals surface area (Å²) >= 11 is 0. The van der Waals surface area contributed by atoms with Gasteiger partial charge in [0.25, 0.3) is 0 Å². The van der Waals surface area contributed by atoms with Gasteiger partial charge < -0.3 is 9.47 Å². The lowest BCUT2D eigenvalue weighted by Crippen LogP contribution is -2.38. The number of rotatable bonds is 5. The van der Waals surface area contributed by atoms with E-state index < -0.39 is 9.84 Å². The minimum Gasteiger partial charge on any atom is -0.325 e. The molecule has 1 aliphatic heterocycles. The Morgan fingerprint density at radius 2 is 2.04 bits per heavy atom. The lowest BCUT2D eigenvalue weighted by molar-refractivity contribution is 0.212. The van der Waals surface area contributed by atoms with Gasteiger partial charge in [-0.15, -0.1) is 0 Å². The van der Waals surface area contributed by atoms with Gasteiger partial charge in [0, 0.05) is 31.3 Å². The number of hydrogen-bond donors (Lipinski definition) is 0. The third-order valence-electron chi connectivity index (χ3n) is 4.79. The first-order valence-electron chi connectivity index (χ1n) is 8.72. The number of imidazole rings is 1. The molecular weight excluding hydrogens is 322 g/mol. The number of likely N-dealkylation sites (tertiary alicyclic amines) is 1. The van der Waals surface area contributed by atoms with Crippen molar-refractivity contribution in [2.45, 2.75) is 38.6 Å². The van der Waals surface area contributed by atoms with Crippen LogP contribution in [0.1, 0.15) is 44.5 Å². The summed E-state index contributed by atoms with van der Waals surface area (Å²) in [5, 5.41) is 0. The number of piperidine rings is 1. The fraction of sp³-hybridized carbons (Fsp3) is 0.611. The fourth-order valence-electron chi connectivity index (χ4n) is 3.66. The second-order valence-corrected chi connectivity index (χ2v) is 9.45. The summed E-state index contributed by atoms with van der Waals surface area (Å²) < 4.78 is 25.2. The Morgan fingerprint density at radius 1 is 1.29 bits per heavy atom. The number of aromatic nitrogens is 2. The van der Waals surface area contributed by atoms with Crippen LogP contribution in [0.5, 0.6) is 0 Å². The van der Waals surface area contributed by atoms with Crippen molar-refractivity contribution in [3.8, 4) is 0 Å². The standard InChI is InChI=1S/C18H27N3O2S/c1-14(2)21-17-9-5-4-8-16(17)19-18(21)15-7-6-10-20(13-15)11-12-24(3,22)23/h4-5,8-9,14-15H,6-7,10-13H2,1-3H3/t15-/m1/s1. The van der Waals surface area contributed by atoms with Crippen LogP contribution in [-0.2, 0) is 9.84 Å². The smallest absolute Gasteiger partial charge is 0.148 e. The number of para-hydroxylation sites is 2. The Kier molecular flexibility index (Phi) is 4.97. The molecule has 0 radical (unpaired) electrons. The molecule has 0 saturated carbocycles. The van der Waals surface area contributed by atoms with Crippen LogP contribution in [0.3, 0.4) is 0 Å². The minimum atomic E-state index is -2.91. The van der Waals surface area contributed by atoms with Crippen molar-refractivity contribution in [2.75, 3.05) is 31.6 Å². The Hall–Kier alpha value is -1.40. The molecule has 1 atom stereocenters. The van der Waals surface area contributed by atoms with E-state index in [9.17, 15) is 8.42 Å². The van der Waals surface area contributed by atoms with Crippen molar-refractivity contribution >= 4 is 20.9 Å². The Labute approximate surface area is 144 Å². The van der Waals surface area contributed by atoms with Gasteiger partial charge in [0.2, 0.25) is 0 Å². The number of sulfone groups is 1. The summed E-state index contributed by atoms with van der Waals surface area (Å²) in [4.78, 5) is 7.20. The molecule has 2 aromatic rings. The highest BCUT2D eigenvalue weighted by Crippen LogP contribution is 2.31. The molecule has 0 amide bonds. The summed E-state index contributed by atoms with van der Waals surface area (Å²) in [5.74, 6) is 1.75. The van der Waals surface area contributed by atoms with Crippen LogP contribution in [0, 0.1) is 0 Å². The Morgan fingerprint density at radius 3 is 2.75 bits per heavy atom. The van der Waals surface area contributed by atoms with E-state index in [0.717, 1.165) is 37.3 Å². The van der Waals surface area contributed by atoms with Crippen molar-refractivity contribution < 1.29 is 8.42 Å². The quantitative estimate of drug-likeness (QED) is 0.833. The summed E-state index contributed by atoms with van der Waals surface area (Å²) in [6.45, 7) is 6.89. The maximum atomic E-state index is 11.4. The van der Waals surface area contributed by atoms with Gasteiger partial charge in [-0.2, -0.15) is 0 Å². The van der Waals surface area contributed by atoms with Gasteiger partial charge in [-0.05, 0) is 45.4 Å². The maximum Gasteiger partial charge on any atom is 0.148 e. The largest absolute Gasteiger partial charge is 0.325 e. The second kappa shape index (κ2) is 6.84. The third-order valence-corrected chi connectivity index (χ3v) is 5.71. The average molecular weight is 350 g/mol. The molecule has 1 saturated heterocycles. The maximum absolute atomic E-state index is 11.4. The lowest BCUT2D eigenvalue weighted by atomic mass is 9.97. The molecule has 6 heteroatoms. The highest BCUT2D eigenvalue weighted by Gasteiger charge is 2.27. The Balaban J connectivity index is 1.85. The van der Waals surface area contributed by atoms with Crippen molar-refractivity contribution in [3.63, 3.8) is 0 Å². The number of nitrogens with zero attached hydrogens (tertiary/aromatic N) is 3. The van der Waals surface area contributed by atoms with Gasteiger partial charge >= 0.3 is 0 Å². The van der Waals surface area contributed by atoms with E-state index in [1.165, 1.54) is 11.8 Å². The van der Waals surface area contributed by atoms with Crippen molar-refractivity contribution in [2.24, 2.45) is 0 Å². The van der Waals surface area contributed by atoms with Crippen LogP contribution < -0.4 is 0 Å². The van der Waals surface area contributed by atoms with Gasteiger partial charge in [-0.1, -0.05) is 12.1 Å². The van der Waals surface area contributed by atoms with Crippen LogP contribution in [0.4, 0.5) is 0 Å². The van der Waals surface area contributed by atoms with Crippen molar-refractivity contribution in [1.29, 1.82) is 0 Å². The molecule has 2 heterocycles. The zero-order chi connectivity index (χ0) is 17.3. The van der Waals surface area contributed by atoms with Gasteiger partial charge in [0.05, 0.1) is 16.8 Å². The van der Waals surface area contributed by atoms with E-state index in [2.05, 4.69) is 41.5 Å². The summed E-state index contributed by atoms with van der Waals surface area (Å²) in [7, 11) is -2.91. The molecule has 24 heavy (non-hydrogen) atoms. The van der Waals surface area contributed by atoms with Crippen molar-refractivity contribution in [3.05, 3.63) is 30.1 Å². The van der Waals surface area contributed by atoms with Crippen LogP contribution >= 0.6 is 0 Å². The van der Waals surface area contributed by atoms with Crippen LogP contribution in [0.15, 0.2) is 24.3 Å². The predicted octanol–water partition coefficient (Wildman–Crippen LogP) is 2.84. The topological polar surface area (TPSA) is 55.2 Å². The van der Waals surface area contributed by atoms with Gasteiger partial charge in [-0.25, -0.2) is 13.4 Å². The molecule has 0 unspecified atom stereocenters. The molecule has 0 aliphatic carbocycles. The molecule has 132 valence electrons. The molecule has 0 spiro atoms. The number of fused-ring (bicyclic) bond motifs is 1. The zero-order valence-electron chi connectivity index (χ0n) is 14.8.